The minimum Gasteiger partial charge on any atom is -0.294 e. The number of nitrogens with zero attached hydrogens (tertiary/aromatic N) is 1. The lowest BCUT2D eigenvalue weighted by Crippen LogP contribution is -2.44. The van der Waals surface area contributed by atoms with Crippen LogP contribution >= 0.6 is 0 Å². The van der Waals surface area contributed by atoms with Crippen molar-refractivity contribution in [2.75, 3.05) is 4.90 Å². The second kappa shape index (κ2) is 6.94. The zero-order valence-corrected chi connectivity index (χ0v) is 17.4. The molecule has 0 N–H and O–H groups in total. The summed E-state index contributed by atoms with van der Waals surface area (Å²) >= 11 is 0. The molecule has 2 aromatic carbocycles. The summed E-state index contributed by atoms with van der Waals surface area (Å²) in [7, 11) is 0. The van der Waals surface area contributed by atoms with Gasteiger partial charge in [0.2, 0.25) is 5.91 Å². The van der Waals surface area contributed by atoms with Crippen LogP contribution in [0, 0.1) is 25.1 Å². The van der Waals surface area contributed by atoms with Gasteiger partial charge in [0, 0.05) is 35.7 Å². The number of ketones is 1. The van der Waals surface area contributed by atoms with E-state index in [4.69, 9.17) is 0 Å². The summed E-state index contributed by atoms with van der Waals surface area (Å²) in [5.41, 5.74) is 4.44. The molecule has 1 unspecified atom stereocenters. The van der Waals surface area contributed by atoms with E-state index in [9.17, 15) is 14.0 Å². The van der Waals surface area contributed by atoms with Crippen LogP contribution in [0.5, 0.6) is 0 Å². The molecule has 1 heterocycles. The van der Waals surface area contributed by atoms with Crippen molar-refractivity contribution >= 4 is 17.4 Å². The van der Waals surface area contributed by atoms with E-state index in [0.717, 1.165) is 22.5 Å². The topological polar surface area (TPSA) is 37.4 Å². The Balaban J connectivity index is 1.94. The second-order valence-corrected chi connectivity index (χ2v) is 9.15. The van der Waals surface area contributed by atoms with Crippen molar-refractivity contribution < 1.29 is 14.0 Å². The number of Topliss-reactive ketones (excluding diaryl/α,β-unsaturated/α-hetero) is 1. The van der Waals surface area contributed by atoms with Crippen molar-refractivity contribution in [2.45, 2.75) is 52.9 Å². The van der Waals surface area contributed by atoms with Gasteiger partial charge in [-0.2, -0.15) is 0 Å². The maximum absolute atomic E-state index is 14.6. The van der Waals surface area contributed by atoms with Crippen LogP contribution in [0.1, 0.15) is 55.7 Å². The molecule has 1 atom stereocenters. The average molecular weight is 391 g/mol. The number of anilines is 1. The fourth-order valence-electron chi connectivity index (χ4n) is 4.82. The third-order valence-corrected chi connectivity index (χ3v) is 5.89. The molecular formula is C25H26FNO2. The maximum atomic E-state index is 14.6. The Morgan fingerprint density at radius 3 is 2.31 bits per heavy atom. The Hall–Kier alpha value is -2.75. The largest absolute Gasteiger partial charge is 0.294 e. The van der Waals surface area contributed by atoms with E-state index in [1.165, 1.54) is 6.07 Å². The first kappa shape index (κ1) is 19.6. The summed E-state index contributed by atoms with van der Waals surface area (Å²) < 4.78 is 14.6. The van der Waals surface area contributed by atoms with Gasteiger partial charge in [0.15, 0.2) is 5.78 Å². The lowest BCUT2D eigenvalue weighted by atomic mass is 9.69. The zero-order valence-electron chi connectivity index (χ0n) is 17.4. The van der Waals surface area contributed by atoms with Crippen molar-refractivity contribution in [2.24, 2.45) is 5.41 Å². The van der Waals surface area contributed by atoms with E-state index in [1.54, 1.807) is 23.1 Å². The Labute approximate surface area is 171 Å². The van der Waals surface area contributed by atoms with Gasteiger partial charge in [-0.25, -0.2) is 4.39 Å². The first-order valence-electron chi connectivity index (χ1n) is 10.1. The van der Waals surface area contributed by atoms with Gasteiger partial charge in [0.25, 0.3) is 0 Å². The minimum absolute atomic E-state index is 0.0198. The number of benzene rings is 2. The molecule has 0 radical (unpaired) electrons. The van der Waals surface area contributed by atoms with Gasteiger partial charge in [-0.3, -0.25) is 14.5 Å². The summed E-state index contributed by atoms with van der Waals surface area (Å²) in [6, 6.07) is 12.5. The Bertz CT molecular complexity index is 1030. The van der Waals surface area contributed by atoms with Gasteiger partial charge in [-0.1, -0.05) is 38.1 Å². The summed E-state index contributed by atoms with van der Waals surface area (Å²) in [6.07, 6.45) is 1.11. The number of carbonyl (C=O) groups excluding carboxylic acids is 2. The van der Waals surface area contributed by atoms with E-state index in [2.05, 4.69) is 6.07 Å². The predicted molar refractivity (Wildman–Crippen MR) is 112 cm³/mol. The van der Waals surface area contributed by atoms with Crippen molar-refractivity contribution in [1.29, 1.82) is 0 Å². The highest BCUT2D eigenvalue weighted by atomic mass is 19.1. The Kier molecular flexibility index (Phi) is 4.68. The summed E-state index contributed by atoms with van der Waals surface area (Å²) in [4.78, 5) is 28.3. The fourth-order valence-corrected chi connectivity index (χ4v) is 4.82. The molecule has 1 amide bonds. The smallest absolute Gasteiger partial charge is 0.232 e. The predicted octanol–water partition coefficient (Wildman–Crippen LogP) is 5.61. The first-order chi connectivity index (χ1) is 13.7. The van der Waals surface area contributed by atoms with Crippen LogP contribution in [0.2, 0.25) is 0 Å². The number of allylic oxidation sites excluding steroid dienone is 2. The van der Waals surface area contributed by atoms with Crippen LogP contribution in [-0.4, -0.2) is 11.7 Å². The molecule has 0 saturated carbocycles. The number of halogens is 1. The summed E-state index contributed by atoms with van der Waals surface area (Å²) in [5, 5.41) is 0. The molecule has 0 spiro atoms. The highest BCUT2D eigenvalue weighted by Crippen LogP contribution is 2.48. The van der Waals surface area contributed by atoms with Gasteiger partial charge < -0.3 is 0 Å². The number of aryl methyl sites for hydroxylation is 2. The molecule has 0 saturated heterocycles. The molecule has 0 fully saturated rings. The SMILES string of the molecule is Cc1cc(C)cc(N2C(=O)CC(c3ccccc3F)C3=C2CC(C)(C)CC3=O)c1. The van der Waals surface area contributed by atoms with Gasteiger partial charge in [-0.05, 0) is 60.6 Å². The number of rotatable bonds is 2. The van der Waals surface area contributed by atoms with Crippen molar-refractivity contribution in [3.63, 3.8) is 0 Å². The van der Waals surface area contributed by atoms with Crippen LogP contribution in [0.15, 0.2) is 53.7 Å². The molecular weight excluding hydrogens is 365 g/mol. The van der Waals surface area contributed by atoms with Crippen molar-refractivity contribution in [1.82, 2.24) is 0 Å². The Morgan fingerprint density at radius 1 is 1.00 bits per heavy atom. The average Bonchev–Trinajstić information content (AvgIpc) is 2.59. The number of hydrogen-bond donors (Lipinski definition) is 0. The van der Waals surface area contributed by atoms with Crippen LogP contribution in [0.4, 0.5) is 10.1 Å². The van der Waals surface area contributed by atoms with Gasteiger partial charge in [0.1, 0.15) is 5.82 Å². The minimum atomic E-state index is -0.524. The van der Waals surface area contributed by atoms with Gasteiger partial charge in [0.05, 0.1) is 0 Å². The molecule has 3 nitrogen and oxygen atoms in total. The highest BCUT2D eigenvalue weighted by Gasteiger charge is 2.44. The molecule has 4 heteroatoms. The van der Waals surface area contributed by atoms with Crippen LogP contribution in [-0.2, 0) is 9.59 Å². The molecule has 150 valence electrons. The first-order valence-corrected chi connectivity index (χ1v) is 10.1. The quantitative estimate of drug-likeness (QED) is 0.668. The molecule has 0 bridgehead atoms. The summed E-state index contributed by atoms with van der Waals surface area (Å²) in [6.45, 7) is 8.09. The van der Waals surface area contributed by atoms with Crippen LogP contribution in [0.3, 0.4) is 0 Å². The van der Waals surface area contributed by atoms with E-state index in [1.807, 2.05) is 39.8 Å². The second-order valence-electron chi connectivity index (χ2n) is 9.15. The van der Waals surface area contributed by atoms with Crippen molar-refractivity contribution in [3.8, 4) is 0 Å². The van der Waals surface area contributed by atoms with E-state index >= 15 is 0 Å². The van der Waals surface area contributed by atoms with Crippen molar-refractivity contribution in [3.05, 3.63) is 76.2 Å². The highest BCUT2D eigenvalue weighted by molar-refractivity contribution is 6.07. The summed E-state index contributed by atoms with van der Waals surface area (Å²) in [5.74, 6) is -0.960. The molecule has 0 aromatic heterocycles. The zero-order chi connectivity index (χ0) is 20.9. The lowest BCUT2D eigenvalue weighted by molar-refractivity contribution is -0.121. The number of amides is 1. The van der Waals surface area contributed by atoms with Crippen LogP contribution in [0.25, 0.3) is 0 Å². The van der Waals surface area contributed by atoms with E-state index in [0.29, 0.717) is 24.0 Å². The van der Waals surface area contributed by atoms with Gasteiger partial charge in [-0.15, -0.1) is 0 Å². The normalized spacial score (nSPS) is 21.4. The Morgan fingerprint density at radius 2 is 1.66 bits per heavy atom. The van der Waals surface area contributed by atoms with Gasteiger partial charge >= 0.3 is 0 Å². The molecule has 2 aromatic rings. The molecule has 4 rings (SSSR count). The fraction of sp³-hybridized carbons (Fsp3) is 0.360. The molecule has 1 aliphatic heterocycles. The standard InChI is InChI=1S/C25H26FNO2/c1-15-9-16(2)11-17(10-15)27-21-13-25(3,4)14-22(28)24(21)19(12-23(27)29)18-7-5-6-8-20(18)26/h5-11,19H,12-14H2,1-4H3. The third-order valence-electron chi connectivity index (χ3n) is 5.89. The van der Waals surface area contributed by atoms with E-state index < -0.39 is 5.92 Å². The monoisotopic (exact) mass is 391 g/mol. The van der Waals surface area contributed by atoms with Crippen LogP contribution < -0.4 is 4.90 Å². The lowest BCUT2D eigenvalue weighted by Gasteiger charge is -2.43. The van der Waals surface area contributed by atoms with E-state index in [-0.39, 0.29) is 29.3 Å². The number of hydrogen-bond acceptors (Lipinski definition) is 2. The molecule has 29 heavy (non-hydrogen) atoms. The molecule has 2 aliphatic rings. The third kappa shape index (κ3) is 3.52. The number of carbonyl (C=O) groups is 2. The molecule has 1 aliphatic carbocycles. The maximum Gasteiger partial charge on any atom is 0.232 e.